The number of ether oxygens (including phenoxy) is 1. The molecule has 2 N–H and O–H groups in total. The lowest BCUT2D eigenvalue weighted by Crippen LogP contribution is -2.42. The van der Waals surface area contributed by atoms with Crippen molar-refractivity contribution in [3.05, 3.63) is 23.8 Å². The molecule has 0 aromatic heterocycles. The molecule has 2 amide bonds. The Hall–Kier alpha value is -2.02. The number of rotatable bonds is 4. The first kappa shape index (κ1) is 18.8. The monoisotopic (exact) mass is 376 g/mol. The van der Waals surface area contributed by atoms with Crippen molar-refractivity contribution >= 4 is 35.2 Å². The molecule has 1 aromatic carbocycles. The third-order valence-corrected chi connectivity index (χ3v) is 5.94. The Morgan fingerprint density at radius 1 is 1.31 bits per heavy atom. The van der Waals surface area contributed by atoms with E-state index in [1.807, 2.05) is 0 Å². The Kier molecular flexibility index (Phi) is 6.19. The van der Waals surface area contributed by atoms with E-state index in [-0.39, 0.29) is 24.5 Å². The largest absolute Gasteiger partial charge is 0.452 e. The summed E-state index contributed by atoms with van der Waals surface area (Å²) >= 11 is 1.57. The van der Waals surface area contributed by atoms with Crippen molar-refractivity contribution in [2.75, 3.05) is 17.7 Å². The topological polar surface area (TPSA) is 84.5 Å². The summed E-state index contributed by atoms with van der Waals surface area (Å²) in [6, 6.07) is 5.22. The van der Waals surface area contributed by atoms with E-state index < -0.39 is 5.97 Å². The van der Waals surface area contributed by atoms with Crippen LogP contribution in [-0.2, 0) is 14.3 Å². The van der Waals surface area contributed by atoms with Crippen LogP contribution in [0.1, 0.15) is 49.4 Å². The van der Waals surface area contributed by atoms with Gasteiger partial charge in [0.25, 0.3) is 5.91 Å². The second kappa shape index (κ2) is 8.58. The molecule has 2 aliphatic rings. The van der Waals surface area contributed by atoms with Crippen LogP contribution in [0.3, 0.4) is 0 Å². The van der Waals surface area contributed by atoms with Gasteiger partial charge in [0.1, 0.15) is 0 Å². The quantitative estimate of drug-likeness (QED) is 0.789. The van der Waals surface area contributed by atoms with Crippen LogP contribution in [0.2, 0.25) is 0 Å². The zero-order valence-electron chi connectivity index (χ0n) is 14.9. The zero-order valence-corrected chi connectivity index (χ0v) is 15.7. The van der Waals surface area contributed by atoms with Crippen molar-refractivity contribution in [3.8, 4) is 0 Å². The van der Waals surface area contributed by atoms with E-state index in [1.54, 1.807) is 30.0 Å². The van der Waals surface area contributed by atoms with Crippen molar-refractivity contribution in [1.82, 2.24) is 5.32 Å². The van der Waals surface area contributed by atoms with Crippen LogP contribution >= 0.6 is 11.8 Å². The second-order valence-electron chi connectivity index (χ2n) is 6.87. The Morgan fingerprint density at radius 3 is 2.92 bits per heavy atom. The van der Waals surface area contributed by atoms with Gasteiger partial charge in [0, 0.05) is 23.1 Å². The van der Waals surface area contributed by atoms with Gasteiger partial charge >= 0.3 is 5.97 Å². The van der Waals surface area contributed by atoms with Gasteiger partial charge in [-0.3, -0.25) is 9.59 Å². The summed E-state index contributed by atoms with van der Waals surface area (Å²) in [5.41, 5.74) is 0.942. The van der Waals surface area contributed by atoms with Gasteiger partial charge in [0.2, 0.25) is 5.91 Å². The van der Waals surface area contributed by atoms with Crippen LogP contribution in [0, 0.1) is 5.92 Å². The lowest BCUT2D eigenvalue weighted by atomic mass is 9.86. The van der Waals surface area contributed by atoms with E-state index in [0.29, 0.717) is 29.3 Å². The molecule has 0 bridgehead atoms. The maximum atomic E-state index is 12.2. The summed E-state index contributed by atoms with van der Waals surface area (Å²) in [5, 5.41) is 5.76. The minimum Gasteiger partial charge on any atom is -0.452 e. The van der Waals surface area contributed by atoms with E-state index in [9.17, 15) is 14.4 Å². The molecule has 1 aliphatic heterocycles. The molecule has 0 saturated heterocycles. The molecule has 1 aliphatic carbocycles. The Morgan fingerprint density at radius 2 is 2.12 bits per heavy atom. The molecule has 1 saturated carbocycles. The number of hydrogen-bond acceptors (Lipinski definition) is 5. The number of carbonyl (C=O) groups excluding carboxylic acids is 3. The summed E-state index contributed by atoms with van der Waals surface area (Å²) < 4.78 is 5.15. The molecule has 7 heteroatoms. The minimum atomic E-state index is -0.567. The second-order valence-corrected chi connectivity index (χ2v) is 8.01. The molecular weight excluding hydrogens is 352 g/mol. The average Bonchev–Trinajstić information content (AvgIpc) is 2.81. The average molecular weight is 376 g/mol. The van der Waals surface area contributed by atoms with Crippen molar-refractivity contribution in [2.45, 2.75) is 50.0 Å². The van der Waals surface area contributed by atoms with Crippen LogP contribution < -0.4 is 10.6 Å². The summed E-state index contributed by atoms with van der Waals surface area (Å²) in [7, 11) is 0. The lowest BCUT2D eigenvalue weighted by molar-refractivity contribution is -0.125. The molecule has 140 valence electrons. The highest BCUT2D eigenvalue weighted by Gasteiger charge is 2.23. The highest BCUT2D eigenvalue weighted by molar-refractivity contribution is 7.99. The maximum absolute atomic E-state index is 12.2. The number of benzene rings is 1. The van der Waals surface area contributed by atoms with E-state index in [2.05, 4.69) is 17.6 Å². The van der Waals surface area contributed by atoms with Gasteiger partial charge in [0.15, 0.2) is 6.61 Å². The fourth-order valence-electron chi connectivity index (χ4n) is 3.34. The van der Waals surface area contributed by atoms with Crippen molar-refractivity contribution in [1.29, 1.82) is 0 Å². The summed E-state index contributed by atoms with van der Waals surface area (Å²) in [5.74, 6) is 0.262. The first-order valence-corrected chi connectivity index (χ1v) is 10.0. The highest BCUT2D eigenvalue weighted by Crippen LogP contribution is 2.31. The van der Waals surface area contributed by atoms with Crippen LogP contribution in [0.4, 0.5) is 5.69 Å². The Balaban J connectivity index is 1.55. The van der Waals surface area contributed by atoms with Crippen molar-refractivity contribution in [2.24, 2.45) is 5.92 Å². The summed E-state index contributed by atoms with van der Waals surface area (Å²) in [6.45, 7) is 1.85. The molecule has 6 nitrogen and oxygen atoms in total. The lowest BCUT2D eigenvalue weighted by Gasteiger charge is -2.29. The van der Waals surface area contributed by atoms with Gasteiger partial charge in [0.05, 0.1) is 11.3 Å². The van der Waals surface area contributed by atoms with E-state index >= 15 is 0 Å². The van der Waals surface area contributed by atoms with Crippen LogP contribution in [0.5, 0.6) is 0 Å². The van der Waals surface area contributed by atoms with Gasteiger partial charge in [-0.2, -0.15) is 0 Å². The number of fused-ring (bicyclic) bond motifs is 1. The number of esters is 1. The molecule has 1 aromatic rings. The molecule has 1 heterocycles. The zero-order chi connectivity index (χ0) is 18.5. The fraction of sp³-hybridized carbons (Fsp3) is 0.526. The Bertz CT molecular complexity index is 707. The van der Waals surface area contributed by atoms with E-state index in [1.165, 1.54) is 6.42 Å². The number of hydrogen-bond donors (Lipinski definition) is 2. The van der Waals surface area contributed by atoms with Gasteiger partial charge in [-0.05, 0) is 37.0 Å². The molecular formula is C19H24N2O4S. The molecule has 0 radical (unpaired) electrons. The van der Waals surface area contributed by atoms with Gasteiger partial charge in [-0.1, -0.05) is 19.8 Å². The van der Waals surface area contributed by atoms with Gasteiger partial charge < -0.3 is 15.4 Å². The maximum Gasteiger partial charge on any atom is 0.338 e. The fourth-order valence-corrected chi connectivity index (χ4v) is 4.28. The first-order chi connectivity index (χ1) is 12.5. The molecule has 0 unspecified atom stereocenters. The van der Waals surface area contributed by atoms with Crippen LogP contribution in [-0.4, -0.2) is 36.2 Å². The molecule has 1 fully saturated rings. The standard InChI is InChI=1S/C19H24N2O4S/c1-12-4-2-3-5-14(12)20-18(23)11-25-19(24)13-6-7-16-15(10-13)21-17(22)8-9-26-16/h6-7,10,12,14H,2-5,8-9,11H2,1H3,(H,20,23)(H,21,22)/t12-,14+/m1/s1. The minimum absolute atomic E-state index is 0.0669. The predicted molar refractivity (Wildman–Crippen MR) is 100 cm³/mol. The third kappa shape index (κ3) is 4.78. The molecule has 3 rings (SSSR count). The number of anilines is 1. The molecule has 0 spiro atoms. The van der Waals surface area contributed by atoms with E-state index in [0.717, 1.165) is 24.2 Å². The number of thioether (sulfide) groups is 1. The van der Waals surface area contributed by atoms with Gasteiger partial charge in [-0.25, -0.2) is 4.79 Å². The van der Waals surface area contributed by atoms with Crippen molar-refractivity contribution < 1.29 is 19.1 Å². The first-order valence-electron chi connectivity index (χ1n) is 9.06. The summed E-state index contributed by atoms with van der Waals surface area (Å²) in [4.78, 5) is 36.9. The van der Waals surface area contributed by atoms with Crippen LogP contribution in [0.15, 0.2) is 23.1 Å². The summed E-state index contributed by atoms with van der Waals surface area (Å²) in [6.07, 6.45) is 4.86. The SMILES string of the molecule is C[C@@H]1CCCC[C@@H]1NC(=O)COC(=O)c1ccc2c(c1)NC(=O)CCS2. The normalized spacial score (nSPS) is 22.6. The number of carbonyl (C=O) groups is 3. The Labute approximate surface area is 157 Å². The van der Waals surface area contributed by atoms with Crippen LogP contribution in [0.25, 0.3) is 0 Å². The smallest absolute Gasteiger partial charge is 0.338 e. The molecule has 26 heavy (non-hydrogen) atoms. The third-order valence-electron chi connectivity index (χ3n) is 4.87. The molecule has 2 atom stereocenters. The number of amides is 2. The predicted octanol–water partition coefficient (Wildman–Crippen LogP) is 2.97. The van der Waals surface area contributed by atoms with Crippen molar-refractivity contribution in [3.63, 3.8) is 0 Å². The highest BCUT2D eigenvalue weighted by atomic mass is 32.2. The number of nitrogens with one attached hydrogen (secondary N) is 2. The van der Waals surface area contributed by atoms with E-state index in [4.69, 9.17) is 4.74 Å². The van der Waals surface area contributed by atoms with Gasteiger partial charge in [-0.15, -0.1) is 11.8 Å².